The van der Waals surface area contributed by atoms with Crippen molar-refractivity contribution >= 4 is 38.6 Å². The molecule has 0 unspecified atom stereocenters. The molecule has 230 valence electrons. The number of sulfonamides is 1. The van der Waals surface area contributed by atoms with Crippen LogP contribution in [0.25, 0.3) is 11.0 Å². The van der Waals surface area contributed by atoms with E-state index in [4.69, 9.17) is 15.5 Å². The number of carbonyl (C=O) groups is 2. The summed E-state index contributed by atoms with van der Waals surface area (Å²) in [5.74, 6) is 0.390. The van der Waals surface area contributed by atoms with Crippen LogP contribution >= 0.6 is 0 Å². The molecule has 0 spiro atoms. The number of methoxy groups -OCH3 is 1. The van der Waals surface area contributed by atoms with Gasteiger partial charge in [0.1, 0.15) is 5.82 Å². The van der Waals surface area contributed by atoms with E-state index in [9.17, 15) is 18.0 Å². The van der Waals surface area contributed by atoms with E-state index < -0.39 is 22.0 Å². The van der Waals surface area contributed by atoms with Crippen LogP contribution in [0, 0.1) is 5.92 Å². The standard InChI is InChI=1S/C31H40N6O5S/c1-42-18-6-17-37-28-9-3-2-8-27(28)33-30(37)22-7-4-15-34(19-22)31(39)25-20-35(21-26(25)32)43(40,41)24-13-11-23(12-14-24)36-16-5-10-29(36)38/h2-3,8-9,11-14,22,25-26H,4-7,10,15-21,32H2,1H3/t22-,25-,26-/m1/s1. The molecule has 2 aromatic carbocycles. The third-order valence-corrected chi connectivity index (χ3v) is 10.9. The number of ether oxygens (including phenoxy) is 1. The summed E-state index contributed by atoms with van der Waals surface area (Å²) in [7, 11) is -2.15. The molecule has 3 atom stereocenters. The van der Waals surface area contributed by atoms with E-state index in [2.05, 4.69) is 10.6 Å². The number of imidazole rings is 1. The Morgan fingerprint density at radius 1 is 1.05 bits per heavy atom. The van der Waals surface area contributed by atoms with Crippen molar-refractivity contribution in [3.63, 3.8) is 0 Å². The summed E-state index contributed by atoms with van der Waals surface area (Å²) in [6, 6.07) is 13.9. The summed E-state index contributed by atoms with van der Waals surface area (Å²) in [4.78, 5) is 34.6. The second-order valence-corrected chi connectivity index (χ2v) is 13.8. The van der Waals surface area contributed by atoms with Crippen molar-refractivity contribution < 1.29 is 22.7 Å². The summed E-state index contributed by atoms with van der Waals surface area (Å²) in [5.41, 5.74) is 9.15. The van der Waals surface area contributed by atoms with Crippen LogP contribution in [0.1, 0.15) is 43.8 Å². The lowest BCUT2D eigenvalue weighted by molar-refractivity contribution is -0.136. The Balaban J connectivity index is 1.15. The number of aryl methyl sites for hydroxylation is 1. The van der Waals surface area contributed by atoms with Gasteiger partial charge in [-0.1, -0.05) is 12.1 Å². The molecule has 1 aromatic heterocycles. The number of nitrogens with two attached hydrogens (primary N) is 1. The third kappa shape index (κ3) is 5.81. The molecular weight excluding hydrogens is 568 g/mol. The number of fused-ring (bicyclic) bond motifs is 1. The van der Waals surface area contributed by atoms with Crippen molar-refractivity contribution in [2.24, 2.45) is 11.7 Å². The molecular formula is C31H40N6O5S. The van der Waals surface area contributed by atoms with Gasteiger partial charge in [0.05, 0.1) is 21.8 Å². The number of amides is 2. The Morgan fingerprint density at radius 3 is 2.58 bits per heavy atom. The van der Waals surface area contributed by atoms with E-state index >= 15 is 0 Å². The van der Waals surface area contributed by atoms with Gasteiger partial charge in [0, 0.05) is 77.1 Å². The monoisotopic (exact) mass is 608 g/mol. The smallest absolute Gasteiger partial charge is 0.243 e. The fourth-order valence-corrected chi connectivity index (χ4v) is 8.25. The lowest BCUT2D eigenvalue weighted by Gasteiger charge is -2.35. The lowest BCUT2D eigenvalue weighted by Crippen LogP contribution is -2.47. The number of anilines is 1. The normalized spacial score (nSPS) is 23.5. The maximum absolute atomic E-state index is 13.8. The van der Waals surface area contributed by atoms with Crippen LogP contribution in [-0.2, 0) is 30.9 Å². The number of rotatable bonds is 9. The SMILES string of the molecule is COCCCn1c([C@@H]2CCCN(C(=O)[C@@H]3CN(S(=O)(=O)c4ccc(N5CCCC5=O)cc4)C[C@H]3N)C2)nc2ccccc21. The average molecular weight is 609 g/mol. The van der Waals surface area contributed by atoms with Gasteiger partial charge in [-0.15, -0.1) is 0 Å². The van der Waals surface area contributed by atoms with Gasteiger partial charge in [-0.2, -0.15) is 4.31 Å². The predicted molar refractivity (Wildman–Crippen MR) is 163 cm³/mol. The van der Waals surface area contributed by atoms with Crippen molar-refractivity contribution in [1.29, 1.82) is 0 Å². The molecule has 12 heteroatoms. The first-order valence-corrected chi connectivity index (χ1v) is 16.6. The van der Waals surface area contributed by atoms with Crippen LogP contribution in [0.2, 0.25) is 0 Å². The van der Waals surface area contributed by atoms with Gasteiger partial charge in [-0.05, 0) is 62.1 Å². The Bertz CT molecular complexity index is 1590. The zero-order valence-corrected chi connectivity index (χ0v) is 25.4. The predicted octanol–water partition coefficient (Wildman–Crippen LogP) is 2.55. The quantitative estimate of drug-likeness (QED) is 0.370. The second kappa shape index (κ2) is 12.4. The van der Waals surface area contributed by atoms with E-state index in [1.807, 2.05) is 23.1 Å². The number of para-hydroxylation sites is 2. The second-order valence-electron chi connectivity index (χ2n) is 11.8. The van der Waals surface area contributed by atoms with Gasteiger partial charge >= 0.3 is 0 Å². The number of aromatic nitrogens is 2. The Kier molecular flexibility index (Phi) is 8.54. The lowest BCUT2D eigenvalue weighted by atomic mass is 9.94. The van der Waals surface area contributed by atoms with Crippen molar-refractivity contribution in [1.82, 2.24) is 18.8 Å². The molecule has 3 saturated heterocycles. The molecule has 0 radical (unpaired) electrons. The third-order valence-electron chi connectivity index (χ3n) is 9.02. The molecule has 3 aliphatic heterocycles. The van der Waals surface area contributed by atoms with E-state index in [-0.39, 0.29) is 35.7 Å². The molecule has 6 rings (SSSR count). The van der Waals surface area contributed by atoms with Crippen LogP contribution < -0.4 is 10.6 Å². The van der Waals surface area contributed by atoms with Crippen LogP contribution in [0.4, 0.5) is 5.69 Å². The van der Waals surface area contributed by atoms with Crippen LogP contribution in [0.15, 0.2) is 53.4 Å². The first-order chi connectivity index (χ1) is 20.8. The van der Waals surface area contributed by atoms with Gasteiger partial charge in [0.25, 0.3) is 0 Å². The molecule has 11 nitrogen and oxygen atoms in total. The van der Waals surface area contributed by atoms with E-state index in [0.29, 0.717) is 38.3 Å². The summed E-state index contributed by atoms with van der Waals surface area (Å²) >= 11 is 0. The van der Waals surface area contributed by atoms with Gasteiger partial charge in [-0.25, -0.2) is 13.4 Å². The minimum absolute atomic E-state index is 0.0470. The summed E-state index contributed by atoms with van der Waals surface area (Å²) in [6.45, 7) is 3.35. The molecule has 0 saturated carbocycles. The van der Waals surface area contributed by atoms with Crippen LogP contribution in [0.5, 0.6) is 0 Å². The number of nitrogens with zero attached hydrogens (tertiary/aromatic N) is 5. The zero-order chi connectivity index (χ0) is 30.1. The van der Waals surface area contributed by atoms with E-state index in [1.165, 1.54) is 16.4 Å². The van der Waals surface area contributed by atoms with Crippen molar-refractivity contribution in [3.05, 3.63) is 54.4 Å². The van der Waals surface area contributed by atoms with Crippen LogP contribution in [-0.4, -0.2) is 91.5 Å². The fourth-order valence-electron chi connectivity index (χ4n) is 6.75. The Labute approximate surface area is 252 Å². The summed E-state index contributed by atoms with van der Waals surface area (Å²) < 4.78 is 35.9. The van der Waals surface area contributed by atoms with Gasteiger partial charge in [-0.3, -0.25) is 9.59 Å². The minimum atomic E-state index is -3.85. The van der Waals surface area contributed by atoms with Gasteiger partial charge in [0.15, 0.2) is 0 Å². The topological polar surface area (TPSA) is 131 Å². The Hall–Kier alpha value is -3.32. The summed E-state index contributed by atoms with van der Waals surface area (Å²) in [6.07, 6.45) is 3.93. The van der Waals surface area contributed by atoms with Crippen molar-refractivity contribution in [2.45, 2.75) is 55.5 Å². The molecule has 4 heterocycles. The minimum Gasteiger partial charge on any atom is -0.385 e. The number of benzene rings is 2. The maximum atomic E-state index is 13.8. The molecule has 3 fully saturated rings. The Morgan fingerprint density at radius 2 is 1.84 bits per heavy atom. The van der Waals surface area contributed by atoms with Crippen molar-refractivity contribution in [3.8, 4) is 0 Å². The summed E-state index contributed by atoms with van der Waals surface area (Å²) in [5, 5.41) is 0. The molecule has 43 heavy (non-hydrogen) atoms. The van der Waals surface area contributed by atoms with E-state index in [0.717, 1.165) is 49.1 Å². The molecule has 0 aliphatic carbocycles. The molecule has 2 amide bonds. The number of piperidine rings is 1. The highest BCUT2D eigenvalue weighted by Crippen LogP contribution is 2.32. The number of hydrogen-bond donors (Lipinski definition) is 1. The van der Waals surface area contributed by atoms with Crippen molar-refractivity contribution in [2.75, 3.05) is 51.3 Å². The average Bonchev–Trinajstić information content (AvgIpc) is 3.74. The molecule has 2 N–H and O–H groups in total. The molecule has 3 aliphatic rings. The molecule has 3 aromatic rings. The zero-order valence-electron chi connectivity index (χ0n) is 24.6. The highest BCUT2D eigenvalue weighted by molar-refractivity contribution is 7.89. The largest absolute Gasteiger partial charge is 0.385 e. The van der Waals surface area contributed by atoms with Gasteiger partial charge in [0.2, 0.25) is 21.8 Å². The first-order valence-electron chi connectivity index (χ1n) is 15.2. The highest BCUT2D eigenvalue weighted by atomic mass is 32.2. The molecule has 0 bridgehead atoms. The first kappa shape index (κ1) is 29.7. The van der Waals surface area contributed by atoms with E-state index in [1.54, 1.807) is 24.1 Å². The maximum Gasteiger partial charge on any atom is 0.243 e. The number of likely N-dealkylation sites (tertiary alicyclic amines) is 1. The number of hydrogen-bond acceptors (Lipinski definition) is 7. The van der Waals surface area contributed by atoms with Crippen LogP contribution in [0.3, 0.4) is 0 Å². The fraction of sp³-hybridized carbons (Fsp3) is 0.516. The van der Waals surface area contributed by atoms with Gasteiger partial charge < -0.3 is 24.8 Å². The highest BCUT2D eigenvalue weighted by Gasteiger charge is 2.43. The number of carbonyl (C=O) groups excluding carboxylic acids is 2.